The zero-order valence-electron chi connectivity index (χ0n) is 17.1. The summed E-state index contributed by atoms with van der Waals surface area (Å²) in [5.41, 5.74) is 0.0139. The van der Waals surface area contributed by atoms with Gasteiger partial charge in [-0.25, -0.2) is 9.59 Å². The largest absolute Gasteiger partial charge is 0.466 e. The van der Waals surface area contributed by atoms with Gasteiger partial charge >= 0.3 is 29.7 Å². The number of hydrogen-bond donors (Lipinski definition) is 1. The van der Waals surface area contributed by atoms with Gasteiger partial charge in [-0.05, 0) is 38.0 Å². The Morgan fingerprint density at radius 1 is 1.03 bits per heavy atom. The van der Waals surface area contributed by atoms with Crippen LogP contribution < -0.4 is 5.32 Å². The zero-order chi connectivity index (χ0) is 22.3. The number of anilines is 1. The normalized spacial score (nSPS) is 13.9. The first-order valence-electron chi connectivity index (χ1n) is 9.39. The number of methoxy groups -OCH3 is 2. The highest BCUT2D eigenvalue weighted by molar-refractivity contribution is 6.40. The number of nitrogens with one attached hydrogen (secondary N) is 1. The average molecular weight is 420 g/mol. The molecular formula is C20H24N2O8. The molecule has 0 atom stereocenters. The maximum atomic E-state index is 12.5. The van der Waals surface area contributed by atoms with Crippen molar-refractivity contribution < 1.29 is 38.2 Å². The quantitative estimate of drug-likeness (QED) is 0.424. The van der Waals surface area contributed by atoms with Gasteiger partial charge in [0.15, 0.2) is 0 Å². The Labute approximate surface area is 173 Å². The van der Waals surface area contributed by atoms with Gasteiger partial charge in [0.25, 0.3) is 0 Å². The van der Waals surface area contributed by atoms with E-state index in [2.05, 4.69) is 14.8 Å². The standard InChI is InChI=1S/C20H24N2O8/c1-4-30-19(26)12-7-9-22(10-8-12)17(24)16(23)21-15-11-13(18(25)28-2)5-6-14(15)20(27)29-3/h5-6,11-12H,4,7-10H2,1-3H3,(H,21,23). The lowest BCUT2D eigenvalue weighted by atomic mass is 9.97. The molecule has 1 aromatic rings. The van der Waals surface area contributed by atoms with E-state index in [1.54, 1.807) is 6.92 Å². The molecule has 1 fully saturated rings. The number of carbonyl (C=O) groups is 5. The maximum Gasteiger partial charge on any atom is 0.339 e. The topological polar surface area (TPSA) is 128 Å². The van der Waals surface area contributed by atoms with E-state index in [1.165, 1.54) is 37.3 Å². The second-order valence-corrected chi connectivity index (χ2v) is 6.52. The summed E-state index contributed by atoms with van der Waals surface area (Å²) in [5.74, 6) is -3.82. The van der Waals surface area contributed by atoms with E-state index in [1.807, 2.05) is 0 Å². The van der Waals surface area contributed by atoms with Gasteiger partial charge in [-0.1, -0.05) is 0 Å². The van der Waals surface area contributed by atoms with Crippen LogP contribution in [0.2, 0.25) is 0 Å². The van der Waals surface area contributed by atoms with Crippen LogP contribution in [0.4, 0.5) is 5.69 Å². The Hall–Kier alpha value is -3.43. The summed E-state index contributed by atoms with van der Waals surface area (Å²) in [6.45, 7) is 2.45. The minimum atomic E-state index is -0.975. The second-order valence-electron chi connectivity index (χ2n) is 6.52. The third-order valence-electron chi connectivity index (χ3n) is 4.69. The van der Waals surface area contributed by atoms with Crippen molar-refractivity contribution in [3.8, 4) is 0 Å². The molecule has 1 aliphatic heterocycles. The second kappa shape index (κ2) is 10.4. The Balaban J connectivity index is 2.11. The van der Waals surface area contributed by atoms with Crippen LogP contribution in [0.3, 0.4) is 0 Å². The lowest BCUT2D eigenvalue weighted by Gasteiger charge is -2.30. The van der Waals surface area contributed by atoms with Gasteiger partial charge < -0.3 is 24.4 Å². The van der Waals surface area contributed by atoms with Gasteiger partial charge in [-0.2, -0.15) is 0 Å². The maximum absolute atomic E-state index is 12.5. The lowest BCUT2D eigenvalue weighted by Crippen LogP contribution is -2.45. The molecule has 10 heteroatoms. The Bertz CT molecular complexity index is 843. The molecule has 10 nitrogen and oxygen atoms in total. The van der Waals surface area contributed by atoms with Crippen LogP contribution in [0.1, 0.15) is 40.5 Å². The molecule has 162 valence electrons. The van der Waals surface area contributed by atoms with E-state index in [-0.39, 0.29) is 48.4 Å². The SMILES string of the molecule is CCOC(=O)C1CCN(C(=O)C(=O)Nc2cc(C(=O)OC)ccc2C(=O)OC)CC1. The molecule has 0 aromatic heterocycles. The van der Waals surface area contributed by atoms with Crippen molar-refractivity contribution in [2.45, 2.75) is 19.8 Å². The van der Waals surface area contributed by atoms with E-state index in [0.717, 1.165) is 0 Å². The first-order valence-corrected chi connectivity index (χ1v) is 9.39. The van der Waals surface area contributed by atoms with Crippen molar-refractivity contribution in [1.29, 1.82) is 0 Å². The number of hydrogen-bond acceptors (Lipinski definition) is 8. The van der Waals surface area contributed by atoms with Crippen LogP contribution in [0.25, 0.3) is 0 Å². The summed E-state index contributed by atoms with van der Waals surface area (Å²) >= 11 is 0. The Kier molecular flexibility index (Phi) is 7.90. The third kappa shape index (κ3) is 5.34. The number of rotatable bonds is 5. The first kappa shape index (κ1) is 22.9. The van der Waals surface area contributed by atoms with E-state index in [9.17, 15) is 24.0 Å². The van der Waals surface area contributed by atoms with Gasteiger partial charge in [-0.15, -0.1) is 0 Å². The van der Waals surface area contributed by atoms with Crippen molar-refractivity contribution >= 4 is 35.4 Å². The minimum Gasteiger partial charge on any atom is -0.466 e. The number of piperidine rings is 1. The Morgan fingerprint density at radius 3 is 2.23 bits per heavy atom. The zero-order valence-corrected chi connectivity index (χ0v) is 17.1. The summed E-state index contributed by atoms with van der Waals surface area (Å²) in [4.78, 5) is 61.8. The summed E-state index contributed by atoms with van der Waals surface area (Å²) in [5, 5.41) is 2.37. The lowest BCUT2D eigenvalue weighted by molar-refractivity contribution is -0.152. The van der Waals surface area contributed by atoms with E-state index in [4.69, 9.17) is 4.74 Å². The summed E-state index contributed by atoms with van der Waals surface area (Å²) in [6.07, 6.45) is 0.784. The molecule has 2 amide bonds. The predicted octanol–water partition coefficient (Wildman–Crippen LogP) is 1.000. The van der Waals surface area contributed by atoms with Crippen molar-refractivity contribution in [3.63, 3.8) is 0 Å². The van der Waals surface area contributed by atoms with Crippen molar-refractivity contribution in [2.75, 3.05) is 39.2 Å². The molecule has 0 spiro atoms. The number of amides is 2. The fourth-order valence-corrected chi connectivity index (χ4v) is 3.08. The molecule has 0 radical (unpaired) electrons. The molecule has 30 heavy (non-hydrogen) atoms. The smallest absolute Gasteiger partial charge is 0.339 e. The Morgan fingerprint density at radius 2 is 1.67 bits per heavy atom. The number of benzene rings is 1. The van der Waals surface area contributed by atoms with Gasteiger partial charge in [0.1, 0.15) is 0 Å². The molecule has 1 aromatic carbocycles. The van der Waals surface area contributed by atoms with Crippen LogP contribution in [0, 0.1) is 5.92 Å². The summed E-state index contributed by atoms with van der Waals surface area (Å²) < 4.78 is 14.3. The molecule has 2 rings (SSSR count). The van der Waals surface area contributed by atoms with Crippen LogP contribution >= 0.6 is 0 Å². The highest BCUT2D eigenvalue weighted by Gasteiger charge is 2.31. The van der Waals surface area contributed by atoms with E-state index >= 15 is 0 Å². The molecule has 1 N–H and O–H groups in total. The van der Waals surface area contributed by atoms with E-state index < -0.39 is 23.8 Å². The van der Waals surface area contributed by atoms with Crippen LogP contribution in [0.5, 0.6) is 0 Å². The number of carbonyl (C=O) groups excluding carboxylic acids is 5. The molecule has 1 aliphatic rings. The molecule has 0 unspecified atom stereocenters. The van der Waals surface area contributed by atoms with Gasteiger partial charge in [-0.3, -0.25) is 14.4 Å². The summed E-state index contributed by atoms with van der Waals surface area (Å²) in [6, 6.07) is 3.87. The fourth-order valence-electron chi connectivity index (χ4n) is 3.08. The van der Waals surface area contributed by atoms with Gasteiger partial charge in [0, 0.05) is 13.1 Å². The predicted molar refractivity (Wildman–Crippen MR) is 104 cm³/mol. The van der Waals surface area contributed by atoms with Crippen molar-refractivity contribution in [2.24, 2.45) is 5.92 Å². The van der Waals surface area contributed by atoms with Crippen molar-refractivity contribution in [1.82, 2.24) is 4.90 Å². The van der Waals surface area contributed by atoms with Crippen LogP contribution in [-0.4, -0.2) is 68.5 Å². The highest BCUT2D eigenvalue weighted by atomic mass is 16.5. The monoisotopic (exact) mass is 420 g/mol. The molecule has 1 saturated heterocycles. The summed E-state index contributed by atoms with van der Waals surface area (Å²) in [7, 11) is 2.36. The third-order valence-corrected chi connectivity index (χ3v) is 4.69. The molecule has 0 aliphatic carbocycles. The van der Waals surface area contributed by atoms with Crippen molar-refractivity contribution in [3.05, 3.63) is 29.3 Å². The molecule has 0 bridgehead atoms. The van der Waals surface area contributed by atoms with Gasteiger partial charge in [0.05, 0.1) is 43.6 Å². The van der Waals surface area contributed by atoms with Gasteiger partial charge in [0.2, 0.25) is 0 Å². The first-order chi connectivity index (χ1) is 14.3. The van der Waals surface area contributed by atoms with Crippen LogP contribution in [-0.2, 0) is 28.6 Å². The number of nitrogens with zero attached hydrogens (tertiary/aromatic N) is 1. The number of likely N-dealkylation sites (tertiary alicyclic amines) is 1. The molecular weight excluding hydrogens is 396 g/mol. The number of esters is 3. The van der Waals surface area contributed by atoms with Crippen LogP contribution in [0.15, 0.2) is 18.2 Å². The van der Waals surface area contributed by atoms with E-state index in [0.29, 0.717) is 12.8 Å². The minimum absolute atomic E-state index is 0.0210. The fraction of sp³-hybridized carbons (Fsp3) is 0.450. The average Bonchev–Trinajstić information content (AvgIpc) is 2.77. The molecule has 0 saturated carbocycles. The highest BCUT2D eigenvalue weighted by Crippen LogP contribution is 2.22. The molecule has 1 heterocycles. The number of ether oxygens (including phenoxy) is 3.